The van der Waals surface area contributed by atoms with Crippen LogP contribution in [-0.4, -0.2) is 53.5 Å². The number of carbonyl (C=O) groups excluding carboxylic acids is 1. The third kappa shape index (κ3) is 9.99. The van der Waals surface area contributed by atoms with Crippen LogP contribution < -0.4 is 14.2 Å². The van der Waals surface area contributed by atoms with Crippen LogP contribution in [0, 0.1) is 18.6 Å². The summed E-state index contributed by atoms with van der Waals surface area (Å²) in [6, 6.07) is 30.0. The Hall–Kier alpha value is -5.54. The maximum Gasteiger partial charge on any atom is 0.246 e. The zero-order valence-electron chi connectivity index (χ0n) is 27.9. The molecule has 0 bridgehead atoms. The maximum atomic E-state index is 13.4. The molecule has 0 atom stereocenters. The van der Waals surface area contributed by atoms with E-state index in [0.29, 0.717) is 42.8 Å². The average molecular weight is 676 g/mol. The number of nitrogens with zero attached hydrogens (tertiary/aromatic N) is 3. The first-order chi connectivity index (χ1) is 24.4. The molecule has 7 nitrogen and oxygen atoms in total. The Balaban J connectivity index is 0.913. The van der Waals surface area contributed by atoms with Gasteiger partial charge in [-0.25, -0.2) is 13.8 Å². The summed E-state index contributed by atoms with van der Waals surface area (Å²) in [5.41, 5.74) is 5.05. The monoisotopic (exact) mass is 675 g/mol. The number of halogens is 2. The van der Waals surface area contributed by atoms with Crippen LogP contribution in [0.3, 0.4) is 0 Å². The highest BCUT2D eigenvalue weighted by Crippen LogP contribution is 2.25. The minimum atomic E-state index is -0.300. The van der Waals surface area contributed by atoms with Crippen LogP contribution in [0.2, 0.25) is 0 Å². The highest BCUT2D eigenvalue weighted by molar-refractivity contribution is 5.92. The molecule has 0 aliphatic carbocycles. The quantitative estimate of drug-likeness (QED) is 0.118. The highest BCUT2D eigenvalue weighted by Gasteiger charge is 2.19. The third-order valence-electron chi connectivity index (χ3n) is 8.46. The van der Waals surface area contributed by atoms with Gasteiger partial charge < -0.3 is 19.1 Å². The molecule has 1 fully saturated rings. The molecule has 5 aromatic rings. The fourth-order valence-corrected chi connectivity index (χ4v) is 5.61. The van der Waals surface area contributed by atoms with Crippen molar-refractivity contribution >= 4 is 12.0 Å². The largest absolute Gasteiger partial charge is 0.493 e. The van der Waals surface area contributed by atoms with E-state index in [1.807, 2.05) is 36.1 Å². The molecule has 50 heavy (non-hydrogen) atoms. The number of aromatic nitrogens is 1. The highest BCUT2D eigenvalue weighted by atomic mass is 19.1. The number of aryl methyl sites for hydroxylation is 1. The summed E-state index contributed by atoms with van der Waals surface area (Å²) in [6.45, 7) is 6.55. The molecule has 1 saturated heterocycles. The fraction of sp³-hybridized carbons (Fsp3) is 0.220. The first-order valence-corrected chi connectivity index (χ1v) is 16.6. The minimum Gasteiger partial charge on any atom is -0.493 e. The van der Waals surface area contributed by atoms with Crippen molar-refractivity contribution in [2.75, 3.05) is 32.8 Å². The summed E-state index contributed by atoms with van der Waals surface area (Å²) in [7, 11) is 0. The molecule has 0 N–H and O–H groups in total. The van der Waals surface area contributed by atoms with Gasteiger partial charge in [0, 0.05) is 51.3 Å². The van der Waals surface area contributed by atoms with Gasteiger partial charge in [-0.1, -0.05) is 42.5 Å². The van der Waals surface area contributed by atoms with E-state index in [0.717, 1.165) is 42.7 Å². The first-order valence-electron chi connectivity index (χ1n) is 16.6. The van der Waals surface area contributed by atoms with E-state index in [-0.39, 0.29) is 24.1 Å². The van der Waals surface area contributed by atoms with E-state index >= 15 is 0 Å². The molecule has 6 rings (SSSR count). The van der Waals surface area contributed by atoms with E-state index < -0.39 is 0 Å². The van der Waals surface area contributed by atoms with Gasteiger partial charge in [0.05, 0.1) is 12.8 Å². The second-order valence-electron chi connectivity index (χ2n) is 12.2. The summed E-state index contributed by atoms with van der Waals surface area (Å²) >= 11 is 0. The SMILES string of the molecule is Cc1cc(Oc2ccc(OCc3cccc(F)c3)cn2)ccc1/C=C/C(=O)N1CCN(Cc2ccc(CCOc3ccc(F)cc3)cc2)CC1. The fourth-order valence-electron chi connectivity index (χ4n) is 5.61. The number of rotatable bonds is 13. The van der Waals surface area contributed by atoms with Gasteiger partial charge in [0.25, 0.3) is 0 Å². The van der Waals surface area contributed by atoms with Crippen LogP contribution in [-0.2, 0) is 24.4 Å². The number of ether oxygens (including phenoxy) is 3. The van der Waals surface area contributed by atoms with Gasteiger partial charge in [-0.05, 0) is 95.4 Å². The van der Waals surface area contributed by atoms with Gasteiger partial charge in [-0.2, -0.15) is 0 Å². The van der Waals surface area contributed by atoms with Gasteiger partial charge in [0.15, 0.2) is 0 Å². The molecule has 256 valence electrons. The van der Waals surface area contributed by atoms with Crippen LogP contribution in [0.4, 0.5) is 8.78 Å². The molecular weight excluding hydrogens is 636 g/mol. The predicted molar refractivity (Wildman–Crippen MR) is 189 cm³/mol. The molecule has 1 amide bonds. The van der Waals surface area contributed by atoms with Gasteiger partial charge in [0.2, 0.25) is 11.8 Å². The lowest BCUT2D eigenvalue weighted by atomic mass is 10.1. The number of hydrogen-bond acceptors (Lipinski definition) is 6. The van der Waals surface area contributed by atoms with Crippen LogP contribution in [0.25, 0.3) is 6.08 Å². The zero-order chi connectivity index (χ0) is 34.7. The number of piperazine rings is 1. The Morgan fingerprint density at radius 2 is 1.50 bits per heavy atom. The summed E-state index contributed by atoms with van der Waals surface area (Å²) in [4.78, 5) is 21.6. The number of amides is 1. The summed E-state index contributed by atoms with van der Waals surface area (Å²) in [5, 5.41) is 0. The molecule has 1 aliphatic heterocycles. The molecule has 0 spiro atoms. The molecule has 1 aliphatic rings. The average Bonchev–Trinajstić information content (AvgIpc) is 3.13. The Morgan fingerprint density at radius 3 is 2.22 bits per heavy atom. The van der Waals surface area contributed by atoms with Crippen molar-refractivity contribution < 1.29 is 27.8 Å². The summed E-state index contributed by atoms with van der Waals surface area (Å²) in [5.74, 6) is 1.70. The van der Waals surface area contributed by atoms with Crippen molar-refractivity contribution in [2.45, 2.75) is 26.5 Å². The standard InChI is InChI=1S/C41H39F2N3O4/c1-30-25-38(50-40-17-16-39(27-44-40)49-29-33-3-2-4-36(43)26-33)13-9-34(30)10-18-41(47)46-22-20-45(21-23-46)28-32-7-5-31(6-8-32)19-24-48-37-14-11-35(42)12-15-37/h2-18,25-27H,19-24,28-29H2,1H3/b18-10+. The van der Waals surface area contributed by atoms with Gasteiger partial charge in [-0.3, -0.25) is 9.69 Å². The van der Waals surface area contributed by atoms with Crippen molar-refractivity contribution in [1.82, 2.24) is 14.8 Å². The number of hydrogen-bond donors (Lipinski definition) is 0. The third-order valence-corrected chi connectivity index (χ3v) is 8.46. The zero-order valence-corrected chi connectivity index (χ0v) is 27.9. The van der Waals surface area contributed by atoms with Crippen LogP contribution in [0.5, 0.6) is 23.1 Å². The van der Waals surface area contributed by atoms with E-state index in [2.05, 4.69) is 34.1 Å². The van der Waals surface area contributed by atoms with Crippen LogP contribution in [0.1, 0.15) is 27.8 Å². The Bertz CT molecular complexity index is 1890. The van der Waals surface area contributed by atoms with Crippen LogP contribution >= 0.6 is 0 Å². The van der Waals surface area contributed by atoms with Crippen molar-refractivity contribution in [2.24, 2.45) is 0 Å². The lowest BCUT2D eigenvalue weighted by Gasteiger charge is -2.34. The molecule has 1 aromatic heterocycles. The molecule has 9 heteroatoms. The molecule has 0 radical (unpaired) electrons. The summed E-state index contributed by atoms with van der Waals surface area (Å²) in [6.07, 6.45) is 5.83. The normalized spacial score (nSPS) is 13.4. The lowest BCUT2D eigenvalue weighted by Crippen LogP contribution is -2.47. The van der Waals surface area contributed by atoms with Crippen LogP contribution in [0.15, 0.2) is 115 Å². The number of benzene rings is 4. The smallest absolute Gasteiger partial charge is 0.246 e. The Kier molecular flexibility index (Phi) is 11.5. The second-order valence-corrected chi connectivity index (χ2v) is 12.2. The van der Waals surface area contributed by atoms with Crippen molar-refractivity contribution in [3.05, 3.63) is 155 Å². The number of carbonyl (C=O) groups is 1. The van der Waals surface area contributed by atoms with Crippen molar-refractivity contribution in [3.63, 3.8) is 0 Å². The Morgan fingerprint density at radius 1 is 0.760 bits per heavy atom. The van der Waals surface area contributed by atoms with E-state index in [4.69, 9.17) is 14.2 Å². The van der Waals surface area contributed by atoms with Gasteiger partial charge >= 0.3 is 0 Å². The molecule has 4 aromatic carbocycles. The van der Waals surface area contributed by atoms with Gasteiger partial charge in [-0.15, -0.1) is 0 Å². The molecule has 0 unspecified atom stereocenters. The van der Waals surface area contributed by atoms with E-state index in [1.165, 1.54) is 35.4 Å². The minimum absolute atomic E-state index is 0.000457. The first kappa shape index (κ1) is 34.3. The Labute approximate surface area is 291 Å². The molecule has 2 heterocycles. The number of pyridine rings is 1. The van der Waals surface area contributed by atoms with E-state index in [1.54, 1.807) is 48.7 Å². The van der Waals surface area contributed by atoms with E-state index in [9.17, 15) is 13.6 Å². The summed E-state index contributed by atoms with van der Waals surface area (Å²) < 4.78 is 43.8. The maximum absolute atomic E-state index is 13.4. The topological polar surface area (TPSA) is 64.1 Å². The molecular formula is C41H39F2N3O4. The lowest BCUT2D eigenvalue weighted by molar-refractivity contribution is -0.127. The predicted octanol–water partition coefficient (Wildman–Crippen LogP) is 8.02. The van der Waals surface area contributed by atoms with Gasteiger partial charge in [0.1, 0.15) is 35.5 Å². The second kappa shape index (κ2) is 16.7. The van der Waals surface area contributed by atoms with Crippen molar-refractivity contribution in [1.29, 1.82) is 0 Å². The van der Waals surface area contributed by atoms with Crippen molar-refractivity contribution in [3.8, 4) is 23.1 Å². The molecule has 0 saturated carbocycles.